The minimum absolute atomic E-state index is 0.0544. The lowest BCUT2D eigenvalue weighted by Crippen LogP contribution is -2.47. The maximum atomic E-state index is 11.8. The average Bonchev–Trinajstić information content (AvgIpc) is 2.76. The minimum atomic E-state index is -0.503. The Labute approximate surface area is 83.8 Å². The molecule has 1 heterocycles. The molecule has 1 spiro atoms. The van der Waals surface area contributed by atoms with Gasteiger partial charge in [0.2, 0.25) is 0 Å². The molecule has 1 saturated heterocycles. The van der Waals surface area contributed by atoms with Crippen LogP contribution in [0, 0.1) is 11.8 Å². The van der Waals surface area contributed by atoms with E-state index in [0.29, 0.717) is 24.9 Å². The van der Waals surface area contributed by atoms with Crippen molar-refractivity contribution in [1.82, 2.24) is 0 Å². The molecule has 78 valence electrons. The van der Waals surface area contributed by atoms with E-state index in [1.54, 1.807) is 0 Å². The highest BCUT2D eigenvalue weighted by Gasteiger charge is 2.55. The van der Waals surface area contributed by atoms with Crippen LogP contribution in [0.1, 0.15) is 32.1 Å². The van der Waals surface area contributed by atoms with Gasteiger partial charge >= 0.3 is 0 Å². The first-order chi connectivity index (χ1) is 6.82. The first-order valence-corrected chi connectivity index (χ1v) is 5.62. The SMILES string of the molecule is O=C1CC[C@@H]2CCCC3(OCCO3)[C@H]12. The zero-order valence-electron chi connectivity index (χ0n) is 8.33. The molecular formula is C11H16O3. The molecule has 3 aliphatic rings. The number of Topliss-reactive ketones (excluding diaryl/α,β-unsaturated/α-hetero) is 1. The van der Waals surface area contributed by atoms with Crippen LogP contribution in [-0.4, -0.2) is 24.8 Å². The fourth-order valence-corrected chi connectivity index (χ4v) is 3.39. The van der Waals surface area contributed by atoms with Gasteiger partial charge in [-0.3, -0.25) is 4.79 Å². The monoisotopic (exact) mass is 196 g/mol. The molecule has 1 aliphatic heterocycles. The first kappa shape index (κ1) is 8.86. The van der Waals surface area contributed by atoms with Crippen molar-refractivity contribution in [3.8, 4) is 0 Å². The molecule has 3 nitrogen and oxygen atoms in total. The van der Waals surface area contributed by atoms with Crippen molar-refractivity contribution in [3.05, 3.63) is 0 Å². The van der Waals surface area contributed by atoms with Crippen molar-refractivity contribution >= 4 is 5.78 Å². The van der Waals surface area contributed by atoms with Crippen molar-refractivity contribution in [2.45, 2.75) is 37.9 Å². The Morgan fingerprint density at radius 3 is 2.79 bits per heavy atom. The van der Waals surface area contributed by atoms with E-state index in [1.807, 2.05) is 0 Å². The lowest BCUT2D eigenvalue weighted by molar-refractivity contribution is -0.217. The largest absolute Gasteiger partial charge is 0.347 e. The molecule has 0 amide bonds. The maximum Gasteiger partial charge on any atom is 0.178 e. The lowest BCUT2D eigenvalue weighted by atomic mass is 9.76. The van der Waals surface area contributed by atoms with Gasteiger partial charge in [0.05, 0.1) is 19.1 Å². The summed E-state index contributed by atoms with van der Waals surface area (Å²) in [5, 5.41) is 0. The normalized spacial score (nSPS) is 40.4. The molecule has 3 fully saturated rings. The number of fused-ring (bicyclic) bond motifs is 2. The Bertz CT molecular complexity index is 255. The molecule has 2 atom stereocenters. The Balaban J connectivity index is 1.92. The second-order valence-electron chi connectivity index (χ2n) is 4.64. The molecule has 3 heteroatoms. The predicted molar refractivity (Wildman–Crippen MR) is 49.7 cm³/mol. The number of carbonyl (C=O) groups excluding carboxylic acids is 1. The van der Waals surface area contributed by atoms with Gasteiger partial charge in [0.15, 0.2) is 5.79 Å². The topological polar surface area (TPSA) is 35.5 Å². The lowest BCUT2D eigenvalue weighted by Gasteiger charge is -2.39. The van der Waals surface area contributed by atoms with Crippen molar-refractivity contribution in [1.29, 1.82) is 0 Å². The van der Waals surface area contributed by atoms with Crippen molar-refractivity contribution in [3.63, 3.8) is 0 Å². The van der Waals surface area contributed by atoms with Crippen LogP contribution in [0.2, 0.25) is 0 Å². The molecule has 0 unspecified atom stereocenters. The molecule has 0 aromatic carbocycles. The summed E-state index contributed by atoms with van der Waals surface area (Å²) in [7, 11) is 0. The molecular weight excluding hydrogens is 180 g/mol. The van der Waals surface area contributed by atoms with Gasteiger partial charge in [-0.05, 0) is 25.2 Å². The van der Waals surface area contributed by atoms with Gasteiger partial charge in [0.1, 0.15) is 5.78 Å². The molecule has 14 heavy (non-hydrogen) atoms. The third kappa shape index (κ3) is 1.09. The number of rotatable bonds is 0. The molecule has 0 bridgehead atoms. The third-order valence-electron chi connectivity index (χ3n) is 3.93. The van der Waals surface area contributed by atoms with Crippen LogP contribution in [0.15, 0.2) is 0 Å². The molecule has 0 radical (unpaired) electrons. The average molecular weight is 196 g/mol. The van der Waals surface area contributed by atoms with Crippen LogP contribution in [0.25, 0.3) is 0 Å². The zero-order chi connectivity index (χ0) is 9.60. The summed E-state index contributed by atoms with van der Waals surface area (Å²) in [4.78, 5) is 11.8. The van der Waals surface area contributed by atoms with E-state index in [9.17, 15) is 4.79 Å². The summed E-state index contributed by atoms with van der Waals surface area (Å²) in [5.41, 5.74) is 0. The van der Waals surface area contributed by atoms with E-state index < -0.39 is 5.79 Å². The maximum absolute atomic E-state index is 11.8. The van der Waals surface area contributed by atoms with Gasteiger partial charge in [-0.15, -0.1) is 0 Å². The van der Waals surface area contributed by atoms with E-state index in [4.69, 9.17) is 9.47 Å². The number of carbonyl (C=O) groups is 1. The van der Waals surface area contributed by atoms with Crippen LogP contribution in [-0.2, 0) is 14.3 Å². The smallest absolute Gasteiger partial charge is 0.178 e. The number of ether oxygens (including phenoxy) is 2. The van der Waals surface area contributed by atoms with Crippen LogP contribution in [0.3, 0.4) is 0 Å². The molecule has 0 aromatic rings. The summed E-state index contributed by atoms with van der Waals surface area (Å²) in [6.07, 6.45) is 5.04. The standard InChI is InChI=1S/C11H16O3/c12-9-4-3-8-2-1-5-11(10(8)9)13-6-7-14-11/h8,10H,1-7H2/t8-,10-/m0/s1. The van der Waals surface area contributed by atoms with Gasteiger partial charge < -0.3 is 9.47 Å². The Morgan fingerprint density at radius 2 is 2.00 bits per heavy atom. The third-order valence-corrected chi connectivity index (χ3v) is 3.93. The fraction of sp³-hybridized carbons (Fsp3) is 0.909. The summed E-state index contributed by atoms with van der Waals surface area (Å²) in [6.45, 7) is 1.33. The molecule has 3 rings (SSSR count). The molecule has 2 aliphatic carbocycles. The van der Waals surface area contributed by atoms with Gasteiger partial charge in [-0.2, -0.15) is 0 Å². The minimum Gasteiger partial charge on any atom is -0.347 e. The second-order valence-corrected chi connectivity index (χ2v) is 4.64. The summed E-state index contributed by atoms with van der Waals surface area (Å²) in [5.74, 6) is 0.459. The number of hydrogen-bond donors (Lipinski definition) is 0. The van der Waals surface area contributed by atoms with Crippen molar-refractivity contribution in [2.75, 3.05) is 13.2 Å². The fourth-order valence-electron chi connectivity index (χ4n) is 3.39. The molecule has 0 N–H and O–H groups in total. The highest BCUT2D eigenvalue weighted by Crippen LogP contribution is 2.49. The number of hydrogen-bond acceptors (Lipinski definition) is 3. The van der Waals surface area contributed by atoms with Gasteiger partial charge in [0.25, 0.3) is 0 Å². The quantitative estimate of drug-likeness (QED) is 0.589. The predicted octanol–water partition coefficient (Wildman–Crippen LogP) is 1.51. The van der Waals surface area contributed by atoms with Crippen molar-refractivity contribution < 1.29 is 14.3 Å². The van der Waals surface area contributed by atoms with E-state index in [1.165, 1.54) is 6.42 Å². The Hall–Kier alpha value is -0.410. The van der Waals surface area contributed by atoms with Crippen LogP contribution in [0.5, 0.6) is 0 Å². The highest BCUT2D eigenvalue weighted by atomic mass is 16.7. The number of ketones is 1. The van der Waals surface area contributed by atoms with Gasteiger partial charge in [-0.25, -0.2) is 0 Å². The van der Waals surface area contributed by atoms with Gasteiger partial charge in [0, 0.05) is 12.8 Å². The van der Waals surface area contributed by atoms with E-state index in [-0.39, 0.29) is 5.92 Å². The van der Waals surface area contributed by atoms with Crippen LogP contribution >= 0.6 is 0 Å². The molecule has 0 aromatic heterocycles. The summed E-state index contributed by atoms with van der Waals surface area (Å²) < 4.78 is 11.4. The highest BCUT2D eigenvalue weighted by molar-refractivity contribution is 5.84. The second kappa shape index (κ2) is 3.04. The zero-order valence-corrected chi connectivity index (χ0v) is 8.33. The van der Waals surface area contributed by atoms with Gasteiger partial charge in [-0.1, -0.05) is 0 Å². The van der Waals surface area contributed by atoms with E-state index in [2.05, 4.69) is 0 Å². The first-order valence-electron chi connectivity index (χ1n) is 5.62. The Kier molecular flexibility index (Phi) is 1.92. The summed E-state index contributed by atoms with van der Waals surface area (Å²) >= 11 is 0. The van der Waals surface area contributed by atoms with E-state index in [0.717, 1.165) is 25.7 Å². The van der Waals surface area contributed by atoms with E-state index >= 15 is 0 Å². The van der Waals surface area contributed by atoms with Crippen LogP contribution in [0.4, 0.5) is 0 Å². The van der Waals surface area contributed by atoms with Crippen LogP contribution < -0.4 is 0 Å². The Morgan fingerprint density at radius 1 is 1.21 bits per heavy atom. The van der Waals surface area contributed by atoms with Crippen molar-refractivity contribution in [2.24, 2.45) is 11.8 Å². The molecule has 2 saturated carbocycles. The summed E-state index contributed by atoms with van der Waals surface area (Å²) in [6, 6.07) is 0.